The third-order valence-electron chi connectivity index (χ3n) is 7.65. The number of nitrogens with zero attached hydrogens (tertiary/aromatic N) is 1. The lowest BCUT2D eigenvalue weighted by Gasteiger charge is -2.28. The van der Waals surface area contributed by atoms with Crippen molar-refractivity contribution in [3.63, 3.8) is 0 Å². The largest absolute Gasteiger partial charge is 0.377 e. The van der Waals surface area contributed by atoms with Gasteiger partial charge in [-0.2, -0.15) is 0 Å². The van der Waals surface area contributed by atoms with Crippen molar-refractivity contribution in [1.82, 2.24) is 0 Å². The minimum Gasteiger partial charge on any atom is -0.377 e. The van der Waals surface area contributed by atoms with E-state index in [4.69, 9.17) is 0 Å². The van der Waals surface area contributed by atoms with E-state index in [0.29, 0.717) is 19.0 Å². The molecule has 0 N–H and O–H groups in total. The van der Waals surface area contributed by atoms with Gasteiger partial charge < -0.3 is 4.90 Å². The molecule has 0 radical (unpaired) electrons. The Morgan fingerprint density at radius 2 is 0.453 bits per heavy atom. The van der Waals surface area contributed by atoms with E-state index in [1.54, 1.807) is 0 Å². The van der Waals surface area contributed by atoms with Crippen molar-refractivity contribution in [2.45, 2.75) is 0 Å². The minimum atomic E-state index is -3.18. The van der Waals surface area contributed by atoms with E-state index < -0.39 is 167 Å². The molecule has 1 nitrogen and oxygen atoms in total. The van der Waals surface area contributed by atoms with E-state index in [-0.39, 0.29) is 6.07 Å². The fraction of sp³-hybridized carbons (Fsp3) is 0.0625. The summed E-state index contributed by atoms with van der Waals surface area (Å²) >= 11 is 0. The summed E-state index contributed by atoms with van der Waals surface area (Å²) in [6.45, 7) is 0. The maximum absolute atomic E-state index is 15.7. The van der Waals surface area contributed by atoms with Crippen LogP contribution in [0.25, 0.3) is 44.5 Å². The molecule has 0 amide bonds. The molecule has 0 fully saturated rings. The van der Waals surface area contributed by atoms with Crippen molar-refractivity contribution in [2.75, 3.05) is 19.0 Å². The average Bonchev–Trinajstić information content (AvgIpc) is 3.12. The Labute approximate surface area is 279 Å². The van der Waals surface area contributed by atoms with Crippen LogP contribution in [-0.2, 0) is 0 Å². The Bertz CT molecular complexity index is 2320. The highest BCUT2D eigenvalue weighted by Crippen LogP contribution is 2.55. The molecule has 0 aliphatic rings. The van der Waals surface area contributed by atoms with Crippen LogP contribution >= 0.6 is 0 Å². The van der Waals surface area contributed by atoms with E-state index in [9.17, 15) is 52.7 Å². The Balaban J connectivity index is 2.36. The summed E-state index contributed by atoms with van der Waals surface area (Å²) in [5.74, 6) is -61.6. The molecule has 0 spiro atoms. The molecule has 5 aromatic carbocycles. The summed E-state index contributed by atoms with van der Waals surface area (Å²) in [4.78, 5) is 0.306. The average molecular weight is 785 g/mol. The van der Waals surface area contributed by atoms with Crippen LogP contribution in [0.5, 0.6) is 0 Å². The van der Waals surface area contributed by atoms with E-state index in [1.165, 1.54) is 0 Å². The summed E-state index contributed by atoms with van der Waals surface area (Å²) in [5.41, 5.74) is -21.6. The predicted octanol–water partition coefficient (Wildman–Crippen LogP) is 11.2. The summed E-state index contributed by atoms with van der Waals surface area (Å²) in [7, 11) is 1.27. The Hall–Kier alpha value is -5.50. The van der Waals surface area contributed by atoms with Crippen LogP contribution in [0.4, 0.5) is 93.5 Å². The van der Waals surface area contributed by atoms with Crippen LogP contribution in [0.15, 0.2) is 6.07 Å². The third-order valence-corrected chi connectivity index (χ3v) is 7.65. The van der Waals surface area contributed by atoms with Crippen molar-refractivity contribution in [1.29, 1.82) is 0 Å². The van der Waals surface area contributed by atoms with Crippen LogP contribution in [0.1, 0.15) is 0 Å². The lowest BCUT2D eigenvalue weighted by atomic mass is 9.80. The molecule has 0 atom stereocenters. The number of hydrogen-bond donors (Lipinski definition) is 0. The van der Waals surface area contributed by atoms with Gasteiger partial charge in [0.1, 0.15) is 0 Å². The highest BCUT2D eigenvalue weighted by atomic mass is 19.2. The van der Waals surface area contributed by atoms with Gasteiger partial charge in [0.05, 0.1) is 22.3 Å². The molecule has 0 aromatic heterocycles. The number of rotatable bonds is 5. The van der Waals surface area contributed by atoms with Crippen molar-refractivity contribution >= 4 is 5.69 Å². The molecular formula is C32H7F20N. The quantitative estimate of drug-likeness (QED) is 0.0975. The van der Waals surface area contributed by atoms with Crippen molar-refractivity contribution in [3.8, 4) is 44.5 Å². The zero-order valence-electron chi connectivity index (χ0n) is 25.1. The number of halogens is 20. The maximum atomic E-state index is 15.7. The first-order valence-electron chi connectivity index (χ1n) is 13.5. The van der Waals surface area contributed by atoms with E-state index in [0.717, 1.165) is 0 Å². The van der Waals surface area contributed by atoms with Crippen LogP contribution in [0.2, 0.25) is 0 Å². The zero-order chi connectivity index (χ0) is 40.0. The molecule has 21 heteroatoms. The first-order valence-corrected chi connectivity index (χ1v) is 13.5. The van der Waals surface area contributed by atoms with Crippen LogP contribution in [-0.4, -0.2) is 14.1 Å². The number of hydrogen-bond acceptors (Lipinski definition) is 1. The van der Waals surface area contributed by atoms with Gasteiger partial charge in [-0.1, -0.05) is 0 Å². The fourth-order valence-electron chi connectivity index (χ4n) is 5.30. The van der Waals surface area contributed by atoms with Gasteiger partial charge in [0.25, 0.3) is 0 Å². The maximum Gasteiger partial charge on any atom is 0.200 e. The van der Waals surface area contributed by atoms with Gasteiger partial charge in [-0.15, -0.1) is 0 Å². The van der Waals surface area contributed by atoms with Gasteiger partial charge in [-0.25, -0.2) is 87.8 Å². The highest BCUT2D eigenvalue weighted by Gasteiger charge is 2.41. The molecule has 0 aliphatic carbocycles. The molecule has 0 bridgehead atoms. The Morgan fingerprint density at radius 3 is 0.717 bits per heavy atom. The van der Waals surface area contributed by atoms with Gasteiger partial charge in [-0.05, 0) is 11.6 Å². The van der Waals surface area contributed by atoms with Gasteiger partial charge in [0, 0.05) is 36.5 Å². The second-order valence-electron chi connectivity index (χ2n) is 10.7. The second kappa shape index (κ2) is 13.2. The first kappa shape index (κ1) is 38.7. The SMILES string of the molecule is CN(C)c1cc(-c2c(F)c(F)c(F)c(F)c2F)c(-c2c(F)c(F)c(F)c(F)c2F)c(-c2c(F)c(F)c(F)c(F)c2F)c1-c1c(F)c(F)c(F)c(F)c1F. The smallest absolute Gasteiger partial charge is 0.200 e. The number of anilines is 1. The molecule has 5 aromatic rings. The number of benzene rings is 5. The van der Waals surface area contributed by atoms with Gasteiger partial charge in [-0.3, -0.25) is 0 Å². The molecule has 280 valence electrons. The Morgan fingerprint density at radius 1 is 0.245 bits per heavy atom. The van der Waals surface area contributed by atoms with Gasteiger partial charge in [0.15, 0.2) is 93.1 Å². The molecule has 0 aliphatic heterocycles. The summed E-state index contributed by atoms with van der Waals surface area (Å²) in [6, 6.07) is -0.214. The second-order valence-corrected chi connectivity index (χ2v) is 10.7. The molecule has 5 rings (SSSR count). The van der Waals surface area contributed by atoms with E-state index >= 15 is 35.1 Å². The first-order chi connectivity index (χ1) is 24.5. The molecule has 0 heterocycles. The van der Waals surface area contributed by atoms with Gasteiger partial charge >= 0.3 is 0 Å². The lowest BCUT2D eigenvalue weighted by Crippen LogP contribution is -2.16. The van der Waals surface area contributed by atoms with Crippen molar-refractivity contribution in [2.24, 2.45) is 0 Å². The topological polar surface area (TPSA) is 3.24 Å². The van der Waals surface area contributed by atoms with Crippen LogP contribution < -0.4 is 4.90 Å². The fourth-order valence-corrected chi connectivity index (χ4v) is 5.30. The standard InChI is InChI=1S/C32H7F20N/c1-53(2)5-3-4(7-13(33)21(41)29(49)22(42)14(7)34)6(10-15(35)23(43)30(50)24(44)16(10)36)9(12-19(39)27(47)32(52)28(48)20(12)40)8(5)11-17(37)25(45)31(51)26(46)18(11)38/h3H,1-2H3. The normalized spacial score (nSPS) is 11.6. The highest BCUT2D eigenvalue weighted by molar-refractivity contribution is 6.07. The van der Waals surface area contributed by atoms with Crippen molar-refractivity contribution in [3.05, 3.63) is 122 Å². The molecule has 53 heavy (non-hydrogen) atoms. The molecule has 0 unspecified atom stereocenters. The monoisotopic (exact) mass is 785 g/mol. The zero-order valence-corrected chi connectivity index (χ0v) is 25.1. The van der Waals surface area contributed by atoms with Crippen molar-refractivity contribution < 1.29 is 87.8 Å². The summed E-state index contributed by atoms with van der Waals surface area (Å²) in [5, 5.41) is 0. The lowest BCUT2D eigenvalue weighted by molar-refractivity contribution is 0.379. The van der Waals surface area contributed by atoms with Crippen LogP contribution in [0, 0.1) is 116 Å². The Kier molecular flexibility index (Phi) is 9.62. The van der Waals surface area contributed by atoms with E-state index in [1.807, 2.05) is 0 Å². The third kappa shape index (κ3) is 5.41. The van der Waals surface area contributed by atoms with Gasteiger partial charge in [0.2, 0.25) is 23.3 Å². The molecule has 0 saturated heterocycles. The molecular weight excluding hydrogens is 778 g/mol. The molecule has 0 saturated carbocycles. The van der Waals surface area contributed by atoms with E-state index in [2.05, 4.69) is 0 Å². The summed E-state index contributed by atoms with van der Waals surface area (Å²) < 4.78 is 298. The minimum absolute atomic E-state index is 0.214. The van der Waals surface area contributed by atoms with Crippen LogP contribution in [0.3, 0.4) is 0 Å². The predicted molar refractivity (Wildman–Crippen MR) is 142 cm³/mol. The summed E-state index contributed by atoms with van der Waals surface area (Å²) in [6.07, 6.45) is 0.